The number of alkyl halides is 2. The third-order valence-corrected chi connectivity index (χ3v) is 6.80. The van der Waals surface area contributed by atoms with Gasteiger partial charge in [-0.3, -0.25) is 4.99 Å². The van der Waals surface area contributed by atoms with E-state index in [1.54, 1.807) is 19.2 Å². The monoisotopic (exact) mass is 514 g/mol. The summed E-state index contributed by atoms with van der Waals surface area (Å²) in [5.41, 5.74) is 5.69. The molecule has 36 heavy (non-hydrogen) atoms. The molecule has 2 aromatic carbocycles. The molecule has 0 amide bonds. The van der Waals surface area contributed by atoms with Crippen molar-refractivity contribution in [1.29, 1.82) is 0 Å². The molecule has 1 unspecified atom stereocenters. The van der Waals surface area contributed by atoms with Crippen LogP contribution in [0.2, 0.25) is 5.02 Å². The highest BCUT2D eigenvalue weighted by atomic mass is 35.5. The van der Waals surface area contributed by atoms with Crippen LogP contribution in [0.5, 0.6) is 0 Å². The third-order valence-electron chi connectivity index (χ3n) is 6.55. The van der Waals surface area contributed by atoms with Crippen LogP contribution in [0, 0.1) is 12.8 Å². The minimum absolute atomic E-state index is 0.0141. The van der Waals surface area contributed by atoms with E-state index >= 15 is 0 Å². The zero-order valence-electron chi connectivity index (χ0n) is 22.0. The van der Waals surface area contributed by atoms with Crippen LogP contribution >= 0.6 is 11.6 Å². The molecule has 0 aromatic heterocycles. The maximum atomic E-state index is 14.0. The first kappa shape index (κ1) is 28.1. The lowest BCUT2D eigenvalue weighted by Crippen LogP contribution is -2.30. The van der Waals surface area contributed by atoms with Crippen molar-refractivity contribution in [2.75, 3.05) is 25.2 Å². The molecule has 0 saturated carbocycles. The molecule has 6 heteroatoms. The number of unbranched alkanes of at least 4 members (excludes halogenated alkanes) is 1. The van der Waals surface area contributed by atoms with Crippen LogP contribution in [-0.2, 0) is 10.7 Å². The molecular formula is C30H37ClF2N2O. The van der Waals surface area contributed by atoms with Crippen LogP contribution in [0.4, 0.5) is 14.5 Å². The predicted molar refractivity (Wildman–Crippen MR) is 147 cm³/mol. The number of hydrogen-bond donors (Lipinski definition) is 0. The lowest BCUT2D eigenvalue weighted by atomic mass is 9.88. The molecule has 1 heterocycles. The predicted octanol–water partition coefficient (Wildman–Crippen LogP) is 8.70. The van der Waals surface area contributed by atoms with Gasteiger partial charge in [0, 0.05) is 42.8 Å². The van der Waals surface area contributed by atoms with Gasteiger partial charge in [-0.25, -0.2) is 8.78 Å². The third kappa shape index (κ3) is 6.83. The summed E-state index contributed by atoms with van der Waals surface area (Å²) < 4.78 is 33.4. The molecule has 0 fully saturated rings. The van der Waals surface area contributed by atoms with Gasteiger partial charge in [0.1, 0.15) is 0 Å². The van der Waals surface area contributed by atoms with Crippen molar-refractivity contribution in [2.45, 2.75) is 59.3 Å². The zero-order chi connectivity index (χ0) is 26.3. The van der Waals surface area contributed by atoms with Crippen molar-refractivity contribution in [3.05, 3.63) is 87.7 Å². The first-order valence-electron chi connectivity index (χ1n) is 12.7. The fourth-order valence-electron chi connectivity index (χ4n) is 4.49. The van der Waals surface area contributed by atoms with Crippen LogP contribution in [0.25, 0.3) is 0 Å². The van der Waals surface area contributed by atoms with Gasteiger partial charge in [-0.1, -0.05) is 62.2 Å². The van der Waals surface area contributed by atoms with Gasteiger partial charge in [-0.2, -0.15) is 0 Å². The molecular weight excluding hydrogens is 478 g/mol. The quantitative estimate of drug-likeness (QED) is 0.299. The summed E-state index contributed by atoms with van der Waals surface area (Å²) in [5, 5.41) is 0.699. The van der Waals surface area contributed by atoms with Crippen LogP contribution in [0.1, 0.15) is 63.1 Å². The van der Waals surface area contributed by atoms with E-state index in [1.165, 1.54) is 6.07 Å². The van der Waals surface area contributed by atoms with Gasteiger partial charge in [0.05, 0.1) is 23.7 Å². The van der Waals surface area contributed by atoms with E-state index in [4.69, 9.17) is 21.3 Å². The average Bonchev–Trinajstić information content (AvgIpc) is 2.86. The van der Waals surface area contributed by atoms with Crippen molar-refractivity contribution in [3.8, 4) is 0 Å². The summed E-state index contributed by atoms with van der Waals surface area (Å²) in [6.45, 7) is 8.21. The second-order valence-electron chi connectivity index (χ2n) is 9.35. The number of rotatable bonds is 11. The molecule has 3 rings (SSSR count). The minimum atomic E-state index is -2.89. The fourth-order valence-corrected chi connectivity index (χ4v) is 4.62. The smallest absolute Gasteiger partial charge is 0.270 e. The molecule has 0 bridgehead atoms. The minimum Gasteiger partial charge on any atom is -0.383 e. The molecule has 1 atom stereocenters. The van der Waals surface area contributed by atoms with Crippen LogP contribution in [0.3, 0.4) is 0 Å². The Morgan fingerprint density at radius 1 is 1.19 bits per heavy atom. The summed E-state index contributed by atoms with van der Waals surface area (Å²) >= 11 is 6.14. The first-order valence-corrected chi connectivity index (χ1v) is 13.1. The fraction of sp³-hybridized carbons (Fsp3) is 0.433. The van der Waals surface area contributed by atoms with E-state index in [-0.39, 0.29) is 5.56 Å². The number of aliphatic imine (C=N–C) groups is 1. The first-order chi connectivity index (χ1) is 17.2. The van der Waals surface area contributed by atoms with E-state index in [9.17, 15) is 8.78 Å². The number of allylic oxidation sites excluding steroid dienone is 2. The summed E-state index contributed by atoms with van der Waals surface area (Å²) in [7, 11) is 1.67. The van der Waals surface area contributed by atoms with Crippen molar-refractivity contribution in [2.24, 2.45) is 10.9 Å². The van der Waals surface area contributed by atoms with Crippen molar-refractivity contribution >= 4 is 23.0 Å². The van der Waals surface area contributed by atoms with Gasteiger partial charge >= 0.3 is 0 Å². The van der Waals surface area contributed by atoms with Crippen molar-refractivity contribution in [1.82, 2.24) is 0 Å². The Hall–Kier alpha value is -2.50. The Bertz CT molecular complexity index is 1120. The summed E-state index contributed by atoms with van der Waals surface area (Å²) in [6.07, 6.45) is 8.15. The molecule has 1 aliphatic rings. The lowest BCUT2D eigenvalue weighted by Gasteiger charge is -2.32. The second-order valence-corrected chi connectivity index (χ2v) is 9.78. The zero-order valence-corrected chi connectivity index (χ0v) is 22.7. The summed E-state index contributed by atoms with van der Waals surface area (Å²) in [6, 6.07) is 12.7. The number of methoxy groups -OCH3 is 1. The second kappa shape index (κ2) is 12.6. The van der Waals surface area contributed by atoms with Gasteiger partial charge in [-0.15, -0.1) is 0 Å². The topological polar surface area (TPSA) is 24.8 Å². The average molecular weight is 515 g/mol. The molecule has 1 aliphatic heterocycles. The largest absolute Gasteiger partial charge is 0.383 e. The Labute approximate surface area is 219 Å². The van der Waals surface area contributed by atoms with E-state index in [1.807, 2.05) is 31.2 Å². The Kier molecular flexibility index (Phi) is 9.86. The number of halogens is 3. The number of aryl methyl sites for hydroxylation is 1. The summed E-state index contributed by atoms with van der Waals surface area (Å²) in [5.74, 6) is -2.57. The highest BCUT2D eigenvalue weighted by Crippen LogP contribution is 2.36. The number of hydrogen-bond acceptors (Lipinski definition) is 3. The Balaban J connectivity index is 2.10. The van der Waals surface area contributed by atoms with Gasteiger partial charge in [0.25, 0.3) is 5.92 Å². The highest BCUT2D eigenvalue weighted by molar-refractivity contribution is 6.30. The number of nitrogens with zero attached hydrogens (tertiary/aromatic N) is 2. The Morgan fingerprint density at radius 2 is 1.92 bits per heavy atom. The van der Waals surface area contributed by atoms with Crippen molar-refractivity contribution < 1.29 is 13.5 Å². The van der Waals surface area contributed by atoms with Crippen molar-refractivity contribution in [3.63, 3.8) is 0 Å². The lowest BCUT2D eigenvalue weighted by molar-refractivity contribution is 0.0174. The van der Waals surface area contributed by atoms with Crippen LogP contribution in [0.15, 0.2) is 71.0 Å². The summed E-state index contributed by atoms with van der Waals surface area (Å²) in [4.78, 5) is 7.35. The molecule has 0 radical (unpaired) electrons. The van der Waals surface area contributed by atoms with Gasteiger partial charge in [-0.05, 0) is 61.6 Å². The highest BCUT2D eigenvalue weighted by Gasteiger charge is 2.27. The normalized spacial score (nSPS) is 16.6. The van der Waals surface area contributed by atoms with Gasteiger partial charge in [0.2, 0.25) is 0 Å². The molecule has 194 valence electrons. The number of ether oxygens (including phenoxy) is 1. The molecule has 0 saturated heterocycles. The van der Waals surface area contributed by atoms with E-state index < -0.39 is 5.92 Å². The molecule has 2 aromatic rings. The molecule has 0 aliphatic carbocycles. The van der Waals surface area contributed by atoms with E-state index in [0.717, 1.165) is 66.5 Å². The standard InChI is InChI=1S/C30H37ClF2N2O/c1-6-8-9-28(26-16-12-22(7-2)29(34-26)23-10-14-25(31)15-11-23)35(18-19-36-5)27-17-13-24(20-21(27)3)30(4,32)33/h9-11,13-17,20,22H,6-8,12,18-19H2,1-5H3/b28-9+. The maximum Gasteiger partial charge on any atom is 0.270 e. The van der Waals surface area contributed by atoms with E-state index in [0.29, 0.717) is 24.1 Å². The van der Waals surface area contributed by atoms with Gasteiger partial charge in [0.15, 0.2) is 0 Å². The maximum absolute atomic E-state index is 14.0. The number of benzene rings is 2. The SMILES string of the molecule is CCC/C=C(\C1=CCC(CC)C(c2ccc(Cl)cc2)=N1)N(CCOC)c1ccc(C(C)(F)F)cc1C. The van der Waals surface area contributed by atoms with E-state index in [2.05, 4.69) is 30.9 Å². The van der Waals surface area contributed by atoms with Crippen LogP contribution < -0.4 is 4.90 Å². The molecule has 3 nitrogen and oxygen atoms in total. The van der Waals surface area contributed by atoms with Gasteiger partial charge < -0.3 is 9.64 Å². The number of anilines is 1. The molecule has 0 N–H and O–H groups in total. The van der Waals surface area contributed by atoms with Crippen LogP contribution in [-0.4, -0.2) is 26.0 Å². The Morgan fingerprint density at radius 3 is 2.50 bits per heavy atom. The molecule has 0 spiro atoms.